The van der Waals surface area contributed by atoms with Gasteiger partial charge in [-0.2, -0.15) is 0 Å². The van der Waals surface area contributed by atoms with Crippen molar-refractivity contribution in [3.8, 4) is 0 Å². The summed E-state index contributed by atoms with van der Waals surface area (Å²) in [5.74, 6) is -0.506. The number of carbonyl (C=O) groups excluding carboxylic acids is 1. The summed E-state index contributed by atoms with van der Waals surface area (Å²) in [7, 11) is 0. The van der Waals surface area contributed by atoms with Crippen molar-refractivity contribution in [2.75, 3.05) is 50.7 Å². The van der Waals surface area contributed by atoms with Crippen LogP contribution >= 0.6 is 0 Å². The number of nitrogens with zero attached hydrogens (tertiary/aromatic N) is 3. The zero-order chi connectivity index (χ0) is 20.1. The number of hydrogen-bond donors (Lipinski definition) is 1. The number of amides is 1. The minimum Gasteiger partial charge on any atom is -0.481 e. The van der Waals surface area contributed by atoms with Crippen molar-refractivity contribution in [3.05, 3.63) is 30.1 Å². The number of hydrogen-bond acceptors (Lipinski definition) is 4. The predicted octanol–water partition coefficient (Wildman–Crippen LogP) is 2.30. The summed E-state index contributed by atoms with van der Waals surface area (Å²) in [5, 5.41) is 9.21. The van der Waals surface area contributed by atoms with E-state index in [1.807, 2.05) is 17.0 Å². The largest absolute Gasteiger partial charge is 0.481 e. The number of piperidine rings is 1. The first kappa shape index (κ1) is 20.6. The Morgan fingerprint density at radius 2 is 1.75 bits per heavy atom. The minimum atomic E-state index is -0.751. The number of aliphatic carboxylic acids is 1. The number of carbonyl (C=O) groups is 2. The van der Waals surface area contributed by atoms with Gasteiger partial charge in [0.1, 0.15) is 5.82 Å². The molecule has 2 fully saturated rings. The van der Waals surface area contributed by atoms with Crippen LogP contribution in [0.2, 0.25) is 0 Å². The molecule has 2 aliphatic rings. The lowest BCUT2D eigenvalue weighted by Gasteiger charge is -2.40. The number of carboxylic acid groups (broad SMARTS) is 1. The highest BCUT2D eigenvalue weighted by atomic mass is 19.1. The third-order valence-electron chi connectivity index (χ3n) is 6.15. The van der Waals surface area contributed by atoms with Gasteiger partial charge in [0.05, 0.1) is 0 Å². The van der Waals surface area contributed by atoms with E-state index in [1.165, 1.54) is 12.1 Å². The van der Waals surface area contributed by atoms with Gasteiger partial charge in [0.2, 0.25) is 5.91 Å². The molecule has 154 valence electrons. The van der Waals surface area contributed by atoms with E-state index < -0.39 is 5.97 Å². The number of halogens is 1. The highest BCUT2D eigenvalue weighted by Crippen LogP contribution is 2.29. The van der Waals surface area contributed by atoms with Crippen LogP contribution in [0.15, 0.2) is 24.3 Å². The molecule has 2 atom stereocenters. The van der Waals surface area contributed by atoms with Crippen LogP contribution in [0.3, 0.4) is 0 Å². The maximum atomic E-state index is 13.1. The number of rotatable bonds is 6. The van der Waals surface area contributed by atoms with Gasteiger partial charge in [-0.05, 0) is 55.5 Å². The predicted molar refractivity (Wildman–Crippen MR) is 106 cm³/mol. The number of anilines is 1. The molecular formula is C21H30FN3O3. The number of carboxylic acids is 1. The van der Waals surface area contributed by atoms with Crippen LogP contribution in [-0.2, 0) is 9.59 Å². The van der Waals surface area contributed by atoms with Gasteiger partial charge < -0.3 is 14.9 Å². The third kappa shape index (κ3) is 5.44. The summed E-state index contributed by atoms with van der Waals surface area (Å²) in [6, 6.07) is 6.63. The van der Waals surface area contributed by atoms with Gasteiger partial charge in [-0.15, -0.1) is 0 Å². The molecule has 3 rings (SSSR count). The highest BCUT2D eigenvalue weighted by Gasteiger charge is 2.32. The normalized spacial score (nSPS) is 23.6. The average molecular weight is 391 g/mol. The average Bonchev–Trinajstić information content (AvgIpc) is 2.67. The Hall–Kier alpha value is -2.15. The molecule has 0 saturated carbocycles. The Balaban J connectivity index is 1.50. The van der Waals surface area contributed by atoms with Gasteiger partial charge in [-0.25, -0.2) is 4.39 Å². The quantitative estimate of drug-likeness (QED) is 0.806. The molecule has 0 aromatic heterocycles. The minimum absolute atomic E-state index is 0.0756. The molecule has 1 N–H and O–H groups in total. The van der Waals surface area contributed by atoms with E-state index in [0.717, 1.165) is 51.3 Å². The lowest BCUT2D eigenvalue weighted by Crippen LogP contribution is -2.48. The van der Waals surface area contributed by atoms with Crippen LogP contribution in [-0.4, -0.2) is 72.6 Å². The fourth-order valence-electron chi connectivity index (χ4n) is 4.42. The molecule has 0 aliphatic carbocycles. The molecule has 0 spiro atoms. The van der Waals surface area contributed by atoms with E-state index >= 15 is 0 Å². The van der Waals surface area contributed by atoms with Gasteiger partial charge in [0.25, 0.3) is 0 Å². The molecular weight excluding hydrogens is 361 g/mol. The van der Waals surface area contributed by atoms with E-state index in [-0.39, 0.29) is 30.0 Å². The maximum absolute atomic E-state index is 13.1. The second-order valence-corrected chi connectivity index (χ2v) is 7.97. The lowest BCUT2D eigenvalue weighted by atomic mass is 9.81. The van der Waals surface area contributed by atoms with Crippen molar-refractivity contribution in [1.82, 2.24) is 9.80 Å². The van der Waals surface area contributed by atoms with Gasteiger partial charge in [-0.3, -0.25) is 14.5 Å². The van der Waals surface area contributed by atoms with E-state index in [2.05, 4.69) is 9.80 Å². The van der Waals surface area contributed by atoms with E-state index in [1.54, 1.807) is 6.92 Å². The summed E-state index contributed by atoms with van der Waals surface area (Å²) in [5.41, 5.74) is 1.05. The fraction of sp³-hybridized carbons (Fsp3) is 0.619. The SMILES string of the molecule is CC(=O)N1CCC(CC(=O)O)C(CCN2CCN(c3ccc(F)cc3)CC2)C1. The molecule has 1 amide bonds. The van der Waals surface area contributed by atoms with Crippen LogP contribution in [0.25, 0.3) is 0 Å². The van der Waals surface area contributed by atoms with Crippen molar-refractivity contribution in [1.29, 1.82) is 0 Å². The van der Waals surface area contributed by atoms with Crippen LogP contribution in [0, 0.1) is 17.7 Å². The molecule has 1 aromatic carbocycles. The Morgan fingerprint density at radius 1 is 1.07 bits per heavy atom. The molecule has 2 saturated heterocycles. The van der Waals surface area contributed by atoms with Crippen molar-refractivity contribution in [3.63, 3.8) is 0 Å². The van der Waals surface area contributed by atoms with Crippen molar-refractivity contribution < 1.29 is 19.1 Å². The summed E-state index contributed by atoms with van der Waals surface area (Å²) >= 11 is 0. The van der Waals surface area contributed by atoms with Crippen LogP contribution < -0.4 is 4.90 Å². The molecule has 0 bridgehead atoms. The van der Waals surface area contributed by atoms with Crippen molar-refractivity contribution in [2.24, 2.45) is 11.8 Å². The maximum Gasteiger partial charge on any atom is 0.303 e. The van der Waals surface area contributed by atoms with Gasteiger partial charge >= 0.3 is 5.97 Å². The second kappa shape index (κ2) is 9.37. The topological polar surface area (TPSA) is 64.1 Å². The molecule has 2 heterocycles. The first-order chi connectivity index (χ1) is 13.4. The van der Waals surface area contributed by atoms with E-state index in [9.17, 15) is 19.1 Å². The molecule has 2 unspecified atom stereocenters. The van der Waals surface area contributed by atoms with Gasteiger partial charge in [-0.1, -0.05) is 0 Å². The zero-order valence-electron chi connectivity index (χ0n) is 16.5. The highest BCUT2D eigenvalue weighted by molar-refractivity contribution is 5.73. The standard InChI is InChI=1S/C21H30FN3O3/c1-16(26)25-9-7-17(14-21(27)28)18(15-25)6-8-23-10-12-24(13-11-23)20-4-2-19(22)3-5-20/h2-5,17-18H,6-15H2,1H3,(H,27,28). The van der Waals surface area contributed by atoms with Crippen molar-refractivity contribution in [2.45, 2.75) is 26.2 Å². The Bertz CT molecular complexity index is 674. The summed E-state index contributed by atoms with van der Waals surface area (Å²) < 4.78 is 13.1. The summed E-state index contributed by atoms with van der Waals surface area (Å²) in [6.45, 7) is 7.51. The van der Waals surface area contributed by atoms with Crippen LogP contribution in [0.5, 0.6) is 0 Å². The number of piperazine rings is 1. The Morgan fingerprint density at radius 3 is 2.36 bits per heavy atom. The smallest absolute Gasteiger partial charge is 0.303 e. The summed E-state index contributed by atoms with van der Waals surface area (Å²) in [6.07, 6.45) is 1.88. The zero-order valence-corrected chi connectivity index (χ0v) is 16.5. The molecule has 0 radical (unpaired) electrons. The monoisotopic (exact) mass is 391 g/mol. The Labute approximate surface area is 165 Å². The van der Waals surface area contributed by atoms with E-state index in [0.29, 0.717) is 13.1 Å². The second-order valence-electron chi connectivity index (χ2n) is 7.97. The third-order valence-corrected chi connectivity index (χ3v) is 6.15. The van der Waals surface area contributed by atoms with Crippen LogP contribution in [0.1, 0.15) is 26.2 Å². The summed E-state index contributed by atoms with van der Waals surface area (Å²) in [4.78, 5) is 29.5. The first-order valence-electron chi connectivity index (χ1n) is 10.1. The number of benzene rings is 1. The van der Waals surface area contributed by atoms with Gasteiger partial charge in [0, 0.05) is 58.3 Å². The molecule has 7 heteroatoms. The number of likely N-dealkylation sites (tertiary alicyclic amines) is 1. The van der Waals surface area contributed by atoms with Gasteiger partial charge in [0.15, 0.2) is 0 Å². The lowest BCUT2D eigenvalue weighted by molar-refractivity contribution is -0.139. The fourth-order valence-corrected chi connectivity index (χ4v) is 4.42. The molecule has 1 aromatic rings. The first-order valence-corrected chi connectivity index (χ1v) is 10.1. The molecule has 28 heavy (non-hydrogen) atoms. The van der Waals surface area contributed by atoms with Crippen molar-refractivity contribution >= 4 is 17.6 Å². The molecule has 2 aliphatic heterocycles. The molecule has 6 nitrogen and oxygen atoms in total. The van der Waals surface area contributed by atoms with E-state index in [4.69, 9.17) is 0 Å². The van der Waals surface area contributed by atoms with Crippen LogP contribution in [0.4, 0.5) is 10.1 Å². The Kier molecular flexibility index (Phi) is 6.88.